The van der Waals surface area contributed by atoms with Crippen molar-refractivity contribution in [1.82, 2.24) is 4.90 Å². The average molecular weight is 198 g/mol. The second-order valence-corrected chi connectivity index (χ2v) is 5.39. The van der Waals surface area contributed by atoms with Crippen LogP contribution < -0.4 is 5.73 Å². The fourth-order valence-corrected chi connectivity index (χ4v) is 2.12. The topological polar surface area (TPSA) is 29.3 Å². The fraction of sp³-hybridized carbons (Fsp3) is 1.00. The predicted molar refractivity (Wildman–Crippen MR) is 62.2 cm³/mol. The number of hydrogen-bond acceptors (Lipinski definition) is 2. The molecule has 0 aromatic heterocycles. The number of likely N-dealkylation sites (tertiary alicyclic amines) is 1. The van der Waals surface area contributed by atoms with Crippen molar-refractivity contribution in [1.29, 1.82) is 0 Å². The molecule has 0 spiro atoms. The molecular formula is C12H26N2. The molecule has 0 amide bonds. The van der Waals surface area contributed by atoms with Gasteiger partial charge in [-0.1, -0.05) is 20.8 Å². The van der Waals surface area contributed by atoms with E-state index in [0.29, 0.717) is 12.0 Å². The molecule has 0 bridgehead atoms. The second-order valence-electron chi connectivity index (χ2n) is 5.39. The molecule has 1 saturated heterocycles. The third-order valence-corrected chi connectivity index (χ3v) is 3.55. The third kappa shape index (κ3) is 3.25. The van der Waals surface area contributed by atoms with Gasteiger partial charge < -0.3 is 5.73 Å². The first-order chi connectivity index (χ1) is 6.50. The van der Waals surface area contributed by atoms with E-state index in [-0.39, 0.29) is 0 Å². The van der Waals surface area contributed by atoms with Crippen LogP contribution in [0.15, 0.2) is 0 Å². The maximum Gasteiger partial charge on any atom is 0.0191 e. The highest BCUT2D eigenvalue weighted by atomic mass is 15.2. The molecule has 84 valence electrons. The first-order valence-electron chi connectivity index (χ1n) is 6.00. The second kappa shape index (κ2) is 5.13. The fourth-order valence-electron chi connectivity index (χ4n) is 2.12. The lowest BCUT2D eigenvalue weighted by Gasteiger charge is -2.38. The zero-order chi connectivity index (χ0) is 10.7. The Bertz CT molecular complexity index is 168. The summed E-state index contributed by atoms with van der Waals surface area (Å²) in [5.41, 5.74) is 6.11. The van der Waals surface area contributed by atoms with Crippen LogP contribution in [0.3, 0.4) is 0 Å². The van der Waals surface area contributed by atoms with E-state index < -0.39 is 0 Å². The van der Waals surface area contributed by atoms with E-state index in [1.807, 2.05) is 0 Å². The zero-order valence-electron chi connectivity index (χ0n) is 10.2. The van der Waals surface area contributed by atoms with Crippen LogP contribution in [0, 0.1) is 11.8 Å². The molecule has 14 heavy (non-hydrogen) atoms. The van der Waals surface area contributed by atoms with Crippen molar-refractivity contribution in [2.75, 3.05) is 13.1 Å². The summed E-state index contributed by atoms with van der Waals surface area (Å²) < 4.78 is 0. The summed E-state index contributed by atoms with van der Waals surface area (Å²) in [5, 5.41) is 0. The van der Waals surface area contributed by atoms with Crippen LogP contribution in [-0.4, -0.2) is 30.1 Å². The van der Waals surface area contributed by atoms with Crippen molar-refractivity contribution in [3.63, 3.8) is 0 Å². The highest BCUT2D eigenvalue weighted by molar-refractivity contribution is 4.80. The molecule has 1 aliphatic rings. The maximum atomic E-state index is 6.11. The zero-order valence-corrected chi connectivity index (χ0v) is 10.2. The number of piperidine rings is 1. The highest BCUT2D eigenvalue weighted by Gasteiger charge is 2.24. The Morgan fingerprint density at radius 1 is 1.29 bits per heavy atom. The van der Waals surface area contributed by atoms with E-state index in [2.05, 4.69) is 32.6 Å². The standard InChI is InChI=1S/C12H26N2/c1-9(2)12(13)8-14-7-10(3)5-6-11(14)4/h9-12H,5-8,13H2,1-4H3. The SMILES string of the molecule is CC1CCC(C)N(CC(N)C(C)C)C1. The molecule has 0 aromatic carbocycles. The van der Waals surface area contributed by atoms with Gasteiger partial charge in [0.05, 0.1) is 0 Å². The molecule has 3 unspecified atom stereocenters. The molecular weight excluding hydrogens is 172 g/mol. The number of hydrogen-bond donors (Lipinski definition) is 1. The summed E-state index contributed by atoms with van der Waals surface area (Å²) in [6.07, 6.45) is 2.72. The van der Waals surface area contributed by atoms with Gasteiger partial charge in [0.1, 0.15) is 0 Å². The smallest absolute Gasteiger partial charge is 0.0191 e. The average Bonchev–Trinajstić information content (AvgIpc) is 2.11. The molecule has 1 fully saturated rings. The third-order valence-electron chi connectivity index (χ3n) is 3.55. The van der Waals surface area contributed by atoms with Gasteiger partial charge in [0, 0.05) is 25.2 Å². The van der Waals surface area contributed by atoms with Crippen LogP contribution in [0.5, 0.6) is 0 Å². The van der Waals surface area contributed by atoms with Crippen LogP contribution in [0.1, 0.15) is 40.5 Å². The minimum atomic E-state index is 0.336. The van der Waals surface area contributed by atoms with Gasteiger partial charge in [0.2, 0.25) is 0 Å². The van der Waals surface area contributed by atoms with Gasteiger partial charge in [-0.25, -0.2) is 0 Å². The van der Waals surface area contributed by atoms with Crippen molar-refractivity contribution in [3.05, 3.63) is 0 Å². The maximum absolute atomic E-state index is 6.11. The van der Waals surface area contributed by atoms with E-state index in [9.17, 15) is 0 Å². The largest absolute Gasteiger partial charge is 0.326 e. The van der Waals surface area contributed by atoms with Crippen LogP contribution >= 0.6 is 0 Å². The summed E-state index contributed by atoms with van der Waals surface area (Å²) in [7, 11) is 0. The van der Waals surface area contributed by atoms with Crippen LogP contribution in [-0.2, 0) is 0 Å². The van der Waals surface area contributed by atoms with Gasteiger partial charge in [0.25, 0.3) is 0 Å². The summed E-state index contributed by atoms with van der Waals surface area (Å²) in [6, 6.07) is 1.07. The van der Waals surface area contributed by atoms with Crippen molar-refractivity contribution < 1.29 is 0 Å². The molecule has 2 nitrogen and oxygen atoms in total. The lowest BCUT2D eigenvalue weighted by atomic mass is 9.93. The Hall–Kier alpha value is -0.0800. The van der Waals surface area contributed by atoms with Crippen LogP contribution in [0.2, 0.25) is 0 Å². The molecule has 0 aliphatic carbocycles. The Kier molecular flexibility index (Phi) is 4.39. The lowest BCUT2D eigenvalue weighted by Crippen LogP contribution is -2.48. The number of rotatable bonds is 3. The molecule has 1 rings (SSSR count). The molecule has 0 aromatic rings. The summed E-state index contributed by atoms with van der Waals surface area (Å²) in [5.74, 6) is 1.45. The summed E-state index contributed by atoms with van der Waals surface area (Å²) in [4.78, 5) is 2.57. The minimum absolute atomic E-state index is 0.336. The highest BCUT2D eigenvalue weighted by Crippen LogP contribution is 2.21. The normalized spacial score (nSPS) is 32.1. The first kappa shape index (κ1) is 12.0. The van der Waals surface area contributed by atoms with Crippen LogP contribution in [0.25, 0.3) is 0 Å². The first-order valence-corrected chi connectivity index (χ1v) is 6.00. The van der Waals surface area contributed by atoms with Gasteiger partial charge in [0.15, 0.2) is 0 Å². The predicted octanol–water partition coefficient (Wildman–Crippen LogP) is 2.09. The van der Waals surface area contributed by atoms with Crippen molar-refractivity contribution in [2.45, 2.75) is 52.6 Å². The van der Waals surface area contributed by atoms with Gasteiger partial charge in [-0.05, 0) is 31.6 Å². The molecule has 3 atom stereocenters. The Morgan fingerprint density at radius 2 is 1.93 bits per heavy atom. The molecule has 1 heterocycles. The molecule has 0 saturated carbocycles. The van der Waals surface area contributed by atoms with E-state index >= 15 is 0 Å². The van der Waals surface area contributed by atoms with E-state index in [1.165, 1.54) is 19.4 Å². The van der Waals surface area contributed by atoms with Crippen molar-refractivity contribution >= 4 is 0 Å². The van der Waals surface area contributed by atoms with Crippen molar-refractivity contribution in [3.8, 4) is 0 Å². The minimum Gasteiger partial charge on any atom is -0.326 e. The Balaban J connectivity index is 2.41. The number of nitrogens with two attached hydrogens (primary N) is 1. The Labute approximate surface area is 88.8 Å². The van der Waals surface area contributed by atoms with Gasteiger partial charge >= 0.3 is 0 Å². The van der Waals surface area contributed by atoms with Crippen molar-refractivity contribution in [2.24, 2.45) is 17.6 Å². The molecule has 2 N–H and O–H groups in total. The number of nitrogens with zero attached hydrogens (tertiary/aromatic N) is 1. The van der Waals surface area contributed by atoms with E-state index in [1.54, 1.807) is 0 Å². The van der Waals surface area contributed by atoms with E-state index in [4.69, 9.17) is 5.73 Å². The lowest BCUT2D eigenvalue weighted by molar-refractivity contribution is 0.111. The molecule has 0 radical (unpaired) electrons. The van der Waals surface area contributed by atoms with Gasteiger partial charge in [-0.3, -0.25) is 4.90 Å². The van der Waals surface area contributed by atoms with Gasteiger partial charge in [-0.15, -0.1) is 0 Å². The molecule has 1 aliphatic heterocycles. The Morgan fingerprint density at radius 3 is 2.50 bits per heavy atom. The van der Waals surface area contributed by atoms with Gasteiger partial charge in [-0.2, -0.15) is 0 Å². The quantitative estimate of drug-likeness (QED) is 0.752. The summed E-state index contributed by atoms with van der Waals surface area (Å²) >= 11 is 0. The molecule has 2 heteroatoms. The van der Waals surface area contributed by atoms with E-state index in [0.717, 1.165) is 18.5 Å². The summed E-state index contributed by atoms with van der Waals surface area (Å²) in [6.45, 7) is 11.4. The monoisotopic (exact) mass is 198 g/mol. The van der Waals surface area contributed by atoms with Crippen LogP contribution in [0.4, 0.5) is 0 Å².